The Hall–Kier alpha value is -1.35. The Balaban J connectivity index is 2.15. The van der Waals surface area contributed by atoms with E-state index in [2.05, 4.69) is 35.6 Å². The molecule has 0 aliphatic heterocycles. The molecule has 2 nitrogen and oxygen atoms in total. The lowest BCUT2D eigenvalue weighted by Gasteiger charge is -2.01. The molecule has 0 saturated carbocycles. The average Bonchev–Trinajstić information content (AvgIpc) is 2.62. The zero-order valence-corrected chi connectivity index (χ0v) is 8.06. The molecule has 0 saturated heterocycles. The summed E-state index contributed by atoms with van der Waals surface area (Å²) in [6, 6.07) is 8.22. The molecule has 0 bridgehead atoms. The van der Waals surface area contributed by atoms with Crippen LogP contribution >= 0.6 is 11.3 Å². The van der Waals surface area contributed by atoms with Gasteiger partial charge in [0, 0.05) is 11.1 Å². The third-order valence-corrected chi connectivity index (χ3v) is 2.33. The van der Waals surface area contributed by atoms with Crippen LogP contribution < -0.4 is 5.32 Å². The van der Waals surface area contributed by atoms with Crippen LogP contribution in [0.3, 0.4) is 0 Å². The van der Waals surface area contributed by atoms with Crippen molar-refractivity contribution in [2.24, 2.45) is 0 Å². The second-order valence-electron chi connectivity index (χ2n) is 2.77. The number of aromatic nitrogens is 1. The molecule has 0 unspecified atom stereocenters. The Labute approximate surface area is 81.3 Å². The van der Waals surface area contributed by atoms with Crippen LogP contribution in [0.15, 0.2) is 29.6 Å². The van der Waals surface area contributed by atoms with Crippen molar-refractivity contribution in [3.8, 4) is 0 Å². The van der Waals surface area contributed by atoms with E-state index in [-0.39, 0.29) is 0 Å². The molecule has 1 radical (unpaired) electrons. The Morgan fingerprint density at radius 1 is 1.31 bits per heavy atom. The number of nitrogens with zero attached hydrogens (tertiary/aromatic N) is 1. The summed E-state index contributed by atoms with van der Waals surface area (Å²) in [7, 11) is 0. The van der Waals surface area contributed by atoms with Crippen molar-refractivity contribution < 1.29 is 0 Å². The first-order valence-corrected chi connectivity index (χ1v) is 4.88. The van der Waals surface area contributed by atoms with Gasteiger partial charge in [-0.2, -0.15) is 0 Å². The highest BCUT2D eigenvalue weighted by Crippen LogP contribution is 2.18. The molecular formula is C10H9N2S. The van der Waals surface area contributed by atoms with E-state index in [9.17, 15) is 0 Å². The highest BCUT2D eigenvalue weighted by molar-refractivity contribution is 7.13. The van der Waals surface area contributed by atoms with Crippen LogP contribution in [0.5, 0.6) is 0 Å². The van der Waals surface area contributed by atoms with Gasteiger partial charge in [-0.15, -0.1) is 11.3 Å². The molecule has 2 rings (SSSR count). The fourth-order valence-electron chi connectivity index (χ4n) is 1.01. The molecule has 0 aliphatic rings. The van der Waals surface area contributed by atoms with Crippen molar-refractivity contribution in [1.82, 2.24) is 4.98 Å². The van der Waals surface area contributed by atoms with E-state index in [1.54, 1.807) is 11.3 Å². The fraction of sp³-hybridized carbons (Fsp3) is 0.100. The van der Waals surface area contributed by atoms with E-state index in [1.165, 1.54) is 5.56 Å². The molecule has 0 aliphatic carbocycles. The maximum Gasteiger partial charge on any atom is 0.187 e. The summed E-state index contributed by atoms with van der Waals surface area (Å²) in [4.78, 5) is 4.02. The molecule has 1 aromatic heterocycles. The number of hydrogen-bond donors (Lipinski definition) is 1. The second kappa shape index (κ2) is 3.58. The Morgan fingerprint density at radius 3 is 2.69 bits per heavy atom. The van der Waals surface area contributed by atoms with Gasteiger partial charge in [-0.05, 0) is 19.1 Å². The summed E-state index contributed by atoms with van der Waals surface area (Å²) in [5.41, 5.74) is 2.32. The minimum absolute atomic E-state index is 0.879. The zero-order valence-electron chi connectivity index (χ0n) is 7.24. The predicted molar refractivity (Wildman–Crippen MR) is 55.4 cm³/mol. The summed E-state index contributed by atoms with van der Waals surface area (Å²) in [6.07, 6.45) is 2.77. The minimum Gasteiger partial charge on any atom is -0.332 e. The molecule has 0 amide bonds. The van der Waals surface area contributed by atoms with Crippen molar-refractivity contribution in [3.63, 3.8) is 0 Å². The molecule has 65 valence electrons. The molecule has 1 aromatic carbocycles. The van der Waals surface area contributed by atoms with Crippen molar-refractivity contribution >= 4 is 22.2 Å². The highest BCUT2D eigenvalue weighted by atomic mass is 32.1. The SMILES string of the molecule is Cc1ccc(Nc2n[c]cs2)cc1. The number of nitrogens with one attached hydrogen (secondary N) is 1. The molecule has 3 heteroatoms. The van der Waals surface area contributed by atoms with Crippen LogP contribution in [0.25, 0.3) is 0 Å². The largest absolute Gasteiger partial charge is 0.332 e. The van der Waals surface area contributed by atoms with Crippen LogP contribution in [-0.2, 0) is 0 Å². The number of rotatable bonds is 2. The lowest BCUT2D eigenvalue weighted by molar-refractivity contribution is 1.37. The first kappa shape index (κ1) is 8.26. The van der Waals surface area contributed by atoms with Crippen LogP contribution in [0.1, 0.15) is 5.56 Å². The first-order valence-electron chi connectivity index (χ1n) is 4.00. The van der Waals surface area contributed by atoms with Gasteiger partial charge < -0.3 is 5.32 Å². The van der Waals surface area contributed by atoms with Crippen LogP contribution in [0.2, 0.25) is 0 Å². The number of thiazole rings is 1. The third kappa shape index (κ3) is 2.06. The van der Waals surface area contributed by atoms with Crippen molar-refractivity contribution in [1.29, 1.82) is 0 Å². The van der Waals surface area contributed by atoms with E-state index in [0.29, 0.717) is 0 Å². The maximum atomic E-state index is 4.02. The molecule has 1 heterocycles. The average molecular weight is 189 g/mol. The van der Waals surface area contributed by atoms with Gasteiger partial charge in [0.1, 0.15) is 6.20 Å². The van der Waals surface area contributed by atoms with Gasteiger partial charge in [0.05, 0.1) is 0 Å². The lowest BCUT2D eigenvalue weighted by Crippen LogP contribution is -1.88. The summed E-state index contributed by atoms with van der Waals surface area (Å²) in [5.74, 6) is 0. The fourth-order valence-corrected chi connectivity index (χ4v) is 1.51. The number of anilines is 2. The quantitative estimate of drug-likeness (QED) is 0.785. The minimum atomic E-state index is 0.879. The van der Waals surface area contributed by atoms with Gasteiger partial charge in [0.15, 0.2) is 5.13 Å². The van der Waals surface area contributed by atoms with E-state index >= 15 is 0 Å². The number of aryl methyl sites for hydroxylation is 1. The topological polar surface area (TPSA) is 24.9 Å². The Bertz CT molecular complexity index is 364. The predicted octanol–water partition coefficient (Wildman–Crippen LogP) is 3.00. The van der Waals surface area contributed by atoms with Gasteiger partial charge in [0.2, 0.25) is 0 Å². The lowest BCUT2D eigenvalue weighted by atomic mass is 10.2. The summed E-state index contributed by atoms with van der Waals surface area (Å²) < 4.78 is 0. The van der Waals surface area contributed by atoms with E-state index in [1.807, 2.05) is 17.5 Å². The van der Waals surface area contributed by atoms with Crippen molar-refractivity contribution in [2.75, 3.05) is 5.32 Å². The van der Waals surface area contributed by atoms with E-state index in [0.717, 1.165) is 10.8 Å². The zero-order chi connectivity index (χ0) is 9.10. The smallest absolute Gasteiger partial charge is 0.187 e. The summed E-state index contributed by atoms with van der Waals surface area (Å²) >= 11 is 1.54. The van der Waals surface area contributed by atoms with Gasteiger partial charge in [0.25, 0.3) is 0 Å². The Kier molecular flexibility index (Phi) is 2.27. The molecular weight excluding hydrogens is 180 g/mol. The summed E-state index contributed by atoms with van der Waals surface area (Å²) in [6.45, 7) is 2.07. The molecule has 13 heavy (non-hydrogen) atoms. The standard InChI is InChI=1S/C10H9N2S/c1-8-2-4-9(5-3-8)12-10-11-6-7-13-10/h2-5,7H,1H3,(H,11,12). The molecule has 2 aromatic rings. The monoisotopic (exact) mass is 189 g/mol. The van der Waals surface area contributed by atoms with Crippen molar-refractivity contribution in [3.05, 3.63) is 41.4 Å². The van der Waals surface area contributed by atoms with Crippen molar-refractivity contribution in [2.45, 2.75) is 6.92 Å². The molecule has 1 N–H and O–H groups in total. The molecule has 0 fully saturated rings. The molecule has 0 spiro atoms. The van der Waals surface area contributed by atoms with Gasteiger partial charge in [-0.3, -0.25) is 0 Å². The van der Waals surface area contributed by atoms with E-state index < -0.39 is 0 Å². The van der Waals surface area contributed by atoms with E-state index in [4.69, 9.17) is 0 Å². The normalized spacial score (nSPS) is 9.92. The number of benzene rings is 1. The second-order valence-corrected chi connectivity index (χ2v) is 3.63. The van der Waals surface area contributed by atoms with Gasteiger partial charge in [-0.1, -0.05) is 17.7 Å². The van der Waals surface area contributed by atoms with Gasteiger partial charge in [-0.25, -0.2) is 4.98 Å². The number of hydrogen-bond acceptors (Lipinski definition) is 3. The maximum absolute atomic E-state index is 4.02. The summed E-state index contributed by atoms with van der Waals surface area (Å²) in [5, 5.41) is 5.90. The molecule has 0 atom stereocenters. The van der Waals surface area contributed by atoms with Gasteiger partial charge >= 0.3 is 0 Å². The van der Waals surface area contributed by atoms with Crippen LogP contribution in [0.4, 0.5) is 10.8 Å². The third-order valence-electron chi connectivity index (χ3n) is 1.69. The highest BCUT2D eigenvalue weighted by Gasteiger charge is 1.95. The first-order chi connectivity index (χ1) is 6.34. The Morgan fingerprint density at radius 2 is 2.08 bits per heavy atom. The van der Waals surface area contributed by atoms with Crippen LogP contribution in [0, 0.1) is 13.1 Å². The van der Waals surface area contributed by atoms with Crippen LogP contribution in [-0.4, -0.2) is 4.98 Å².